The standard InChI is InChI=1S/C11H11NO3/c1-2-14-11(13)15-9-3-4-10-8(7-9)5-6-12-10/h3-7,12H,2H2,1H3. The van der Waals surface area contributed by atoms with Gasteiger partial charge in [0.15, 0.2) is 0 Å². The summed E-state index contributed by atoms with van der Waals surface area (Å²) < 4.78 is 9.63. The molecule has 0 saturated heterocycles. The number of rotatable bonds is 2. The molecular formula is C11H11NO3. The van der Waals surface area contributed by atoms with Crippen LogP contribution in [0.15, 0.2) is 30.5 Å². The maximum absolute atomic E-state index is 11.0. The van der Waals surface area contributed by atoms with Gasteiger partial charge in [0.05, 0.1) is 6.61 Å². The van der Waals surface area contributed by atoms with Crippen molar-refractivity contribution in [2.75, 3.05) is 6.61 Å². The number of hydrogen-bond acceptors (Lipinski definition) is 3. The van der Waals surface area contributed by atoms with Crippen LogP contribution in [0.3, 0.4) is 0 Å². The largest absolute Gasteiger partial charge is 0.513 e. The van der Waals surface area contributed by atoms with Crippen LogP contribution < -0.4 is 4.74 Å². The molecule has 0 aliphatic carbocycles. The van der Waals surface area contributed by atoms with Crippen molar-refractivity contribution < 1.29 is 14.3 Å². The Kier molecular flexibility index (Phi) is 2.58. The number of benzene rings is 1. The molecule has 1 N–H and O–H groups in total. The molecule has 2 rings (SSSR count). The van der Waals surface area contributed by atoms with Crippen molar-refractivity contribution in [3.05, 3.63) is 30.5 Å². The van der Waals surface area contributed by atoms with E-state index in [1.807, 2.05) is 18.3 Å². The normalized spacial score (nSPS) is 10.2. The third-order valence-corrected chi connectivity index (χ3v) is 1.99. The van der Waals surface area contributed by atoms with Crippen molar-refractivity contribution in [3.63, 3.8) is 0 Å². The Bertz CT molecular complexity index is 475. The van der Waals surface area contributed by atoms with E-state index in [-0.39, 0.29) is 0 Å². The molecule has 4 nitrogen and oxygen atoms in total. The molecule has 1 aromatic heterocycles. The summed E-state index contributed by atoms with van der Waals surface area (Å²) in [6, 6.07) is 7.26. The lowest BCUT2D eigenvalue weighted by Gasteiger charge is -2.03. The zero-order valence-corrected chi connectivity index (χ0v) is 8.32. The minimum Gasteiger partial charge on any atom is -0.434 e. The first-order valence-corrected chi connectivity index (χ1v) is 4.71. The fourth-order valence-electron chi connectivity index (χ4n) is 1.34. The fourth-order valence-corrected chi connectivity index (χ4v) is 1.34. The number of carbonyl (C=O) groups is 1. The van der Waals surface area contributed by atoms with Crippen LogP contribution in [0, 0.1) is 0 Å². The molecule has 0 fully saturated rings. The van der Waals surface area contributed by atoms with E-state index in [1.54, 1.807) is 19.1 Å². The summed E-state index contributed by atoms with van der Waals surface area (Å²) in [5.74, 6) is 0.487. The third-order valence-electron chi connectivity index (χ3n) is 1.99. The second-order valence-electron chi connectivity index (χ2n) is 3.01. The number of ether oxygens (including phenoxy) is 2. The average molecular weight is 205 g/mol. The predicted molar refractivity (Wildman–Crippen MR) is 55.9 cm³/mol. The highest BCUT2D eigenvalue weighted by Gasteiger charge is 2.05. The van der Waals surface area contributed by atoms with Gasteiger partial charge in [0.1, 0.15) is 5.75 Å². The zero-order chi connectivity index (χ0) is 10.7. The average Bonchev–Trinajstić information content (AvgIpc) is 2.65. The van der Waals surface area contributed by atoms with Gasteiger partial charge in [-0.1, -0.05) is 0 Å². The molecule has 4 heteroatoms. The zero-order valence-electron chi connectivity index (χ0n) is 8.32. The van der Waals surface area contributed by atoms with E-state index < -0.39 is 6.16 Å². The number of aromatic amines is 1. The molecule has 0 spiro atoms. The summed E-state index contributed by atoms with van der Waals surface area (Å²) in [5, 5.41) is 0.997. The number of hydrogen-bond donors (Lipinski definition) is 1. The highest BCUT2D eigenvalue weighted by molar-refractivity contribution is 5.81. The second-order valence-corrected chi connectivity index (χ2v) is 3.01. The van der Waals surface area contributed by atoms with E-state index in [1.165, 1.54) is 0 Å². The van der Waals surface area contributed by atoms with Crippen molar-refractivity contribution in [2.45, 2.75) is 6.92 Å². The second kappa shape index (κ2) is 4.04. The molecule has 1 heterocycles. The highest BCUT2D eigenvalue weighted by atomic mass is 16.7. The highest BCUT2D eigenvalue weighted by Crippen LogP contribution is 2.19. The molecule has 15 heavy (non-hydrogen) atoms. The molecule has 0 radical (unpaired) electrons. The molecule has 0 aliphatic heterocycles. The Morgan fingerprint density at radius 3 is 3.07 bits per heavy atom. The molecule has 0 bridgehead atoms. The maximum Gasteiger partial charge on any atom is 0.513 e. The van der Waals surface area contributed by atoms with E-state index in [0.29, 0.717) is 12.4 Å². The van der Waals surface area contributed by atoms with Gasteiger partial charge in [0.25, 0.3) is 0 Å². The van der Waals surface area contributed by atoms with Crippen LogP contribution in [0.4, 0.5) is 4.79 Å². The Morgan fingerprint density at radius 1 is 1.40 bits per heavy atom. The molecule has 0 aliphatic rings. The third kappa shape index (κ3) is 2.10. The molecule has 0 atom stereocenters. The lowest BCUT2D eigenvalue weighted by Crippen LogP contribution is -2.09. The van der Waals surface area contributed by atoms with Gasteiger partial charge in [0.2, 0.25) is 0 Å². The van der Waals surface area contributed by atoms with Crippen LogP contribution in [-0.4, -0.2) is 17.7 Å². The van der Waals surface area contributed by atoms with Crippen LogP contribution in [0.25, 0.3) is 10.9 Å². The molecule has 0 amide bonds. The lowest BCUT2D eigenvalue weighted by atomic mass is 10.2. The summed E-state index contributed by atoms with van der Waals surface area (Å²) in [6.45, 7) is 2.04. The molecule has 78 valence electrons. The summed E-state index contributed by atoms with van der Waals surface area (Å²) in [5.41, 5.74) is 1.01. The van der Waals surface area contributed by atoms with Gasteiger partial charge in [-0.3, -0.25) is 0 Å². The molecular weight excluding hydrogens is 194 g/mol. The van der Waals surface area contributed by atoms with Gasteiger partial charge in [-0.15, -0.1) is 0 Å². The molecule has 0 unspecified atom stereocenters. The van der Waals surface area contributed by atoms with Crippen molar-refractivity contribution in [2.24, 2.45) is 0 Å². The number of fused-ring (bicyclic) bond motifs is 1. The minimum atomic E-state index is -0.674. The first-order chi connectivity index (χ1) is 7.29. The van der Waals surface area contributed by atoms with Gasteiger partial charge in [0, 0.05) is 17.1 Å². The summed E-state index contributed by atoms with van der Waals surface area (Å²) in [6.07, 6.45) is 1.16. The van der Waals surface area contributed by atoms with Crippen LogP contribution >= 0.6 is 0 Å². The summed E-state index contributed by atoms with van der Waals surface area (Å²) >= 11 is 0. The quantitative estimate of drug-likeness (QED) is 0.605. The first-order valence-electron chi connectivity index (χ1n) is 4.71. The van der Waals surface area contributed by atoms with E-state index in [4.69, 9.17) is 4.74 Å². The molecule has 1 aromatic carbocycles. The minimum absolute atomic E-state index is 0.311. The van der Waals surface area contributed by atoms with Crippen molar-refractivity contribution in [1.82, 2.24) is 4.98 Å². The Morgan fingerprint density at radius 2 is 2.27 bits per heavy atom. The first kappa shape index (κ1) is 9.58. The van der Waals surface area contributed by atoms with Gasteiger partial charge in [-0.25, -0.2) is 4.79 Å². The van der Waals surface area contributed by atoms with E-state index in [0.717, 1.165) is 10.9 Å². The number of H-pyrrole nitrogens is 1. The smallest absolute Gasteiger partial charge is 0.434 e. The molecule has 2 aromatic rings. The molecule has 0 saturated carbocycles. The Hall–Kier alpha value is -1.97. The fraction of sp³-hybridized carbons (Fsp3) is 0.182. The lowest BCUT2D eigenvalue weighted by molar-refractivity contribution is 0.104. The monoisotopic (exact) mass is 205 g/mol. The number of nitrogens with one attached hydrogen (secondary N) is 1. The Labute approximate surface area is 86.8 Å². The predicted octanol–water partition coefficient (Wildman–Crippen LogP) is 2.70. The van der Waals surface area contributed by atoms with Crippen molar-refractivity contribution in [3.8, 4) is 5.75 Å². The van der Waals surface area contributed by atoms with E-state index in [2.05, 4.69) is 9.72 Å². The van der Waals surface area contributed by atoms with Gasteiger partial charge in [-0.2, -0.15) is 0 Å². The number of carbonyl (C=O) groups excluding carboxylic acids is 1. The van der Waals surface area contributed by atoms with Crippen LogP contribution in [0.2, 0.25) is 0 Å². The SMILES string of the molecule is CCOC(=O)Oc1ccc2[nH]ccc2c1. The van der Waals surface area contributed by atoms with Gasteiger partial charge in [-0.05, 0) is 31.2 Å². The summed E-state index contributed by atoms with van der Waals surface area (Å²) in [4.78, 5) is 14.1. The Balaban J connectivity index is 2.17. The summed E-state index contributed by atoms with van der Waals surface area (Å²) in [7, 11) is 0. The topological polar surface area (TPSA) is 51.3 Å². The number of aromatic nitrogens is 1. The van der Waals surface area contributed by atoms with Crippen LogP contribution in [0.1, 0.15) is 6.92 Å². The van der Waals surface area contributed by atoms with Gasteiger partial charge < -0.3 is 14.5 Å². The van der Waals surface area contributed by atoms with Crippen LogP contribution in [-0.2, 0) is 4.74 Å². The van der Waals surface area contributed by atoms with Gasteiger partial charge >= 0.3 is 6.16 Å². The van der Waals surface area contributed by atoms with E-state index in [9.17, 15) is 4.79 Å². The maximum atomic E-state index is 11.0. The van der Waals surface area contributed by atoms with Crippen molar-refractivity contribution in [1.29, 1.82) is 0 Å². The van der Waals surface area contributed by atoms with Crippen LogP contribution in [0.5, 0.6) is 5.75 Å². The van der Waals surface area contributed by atoms with E-state index >= 15 is 0 Å². The van der Waals surface area contributed by atoms with Crippen molar-refractivity contribution >= 4 is 17.1 Å².